The zero-order valence-electron chi connectivity index (χ0n) is 11.4. The molecule has 1 amide bonds. The molecule has 3 heterocycles. The van der Waals surface area contributed by atoms with E-state index >= 15 is 0 Å². The lowest BCUT2D eigenvalue weighted by Crippen LogP contribution is -2.56. The fourth-order valence-corrected chi connectivity index (χ4v) is 3.51. The van der Waals surface area contributed by atoms with E-state index < -0.39 is 5.41 Å². The van der Waals surface area contributed by atoms with Gasteiger partial charge in [-0.1, -0.05) is 5.16 Å². The number of carbonyl (C=O) groups excluding carboxylic acids is 1. The van der Waals surface area contributed by atoms with E-state index in [4.69, 9.17) is 20.4 Å². The summed E-state index contributed by atoms with van der Waals surface area (Å²) in [6.45, 7) is 0.883. The Bertz CT molecular complexity index is 420. The second-order valence-corrected chi connectivity index (χ2v) is 5.87. The molecule has 2 bridgehead atoms. The number of rotatable bonds is 3. The molecule has 0 aromatic heterocycles. The fraction of sp³-hybridized carbons (Fsp3) is 0.846. The summed E-state index contributed by atoms with van der Waals surface area (Å²) in [6, 6.07) is 0.0486. The van der Waals surface area contributed by atoms with Crippen LogP contribution in [0.4, 0.5) is 0 Å². The summed E-state index contributed by atoms with van der Waals surface area (Å²) in [4.78, 5) is 12.7. The molecule has 3 atom stereocenters. The third-order valence-electron chi connectivity index (χ3n) is 4.80. The van der Waals surface area contributed by atoms with E-state index in [1.165, 1.54) is 0 Å². The minimum atomic E-state index is -0.950. The molecular formula is C13H21N3O4. The molecule has 3 aliphatic rings. The Morgan fingerprint density at radius 3 is 2.65 bits per heavy atom. The van der Waals surface area contributed by atoms with E-state index in [9.17, 15) is 4.79 Å². The van der Waals surface area contributed by atoms with Crippen LogP contribution < -0.4 is 11.1 Å². The van der Waals surface area contributed by atoms with Crippen molar-refractivity contribution in [3.8, 4) is 0 Å². The van der Waals surface area contributed by atoms with Gasteiger partial charge >= 0.3 is 0 Å². The quantitative estimate of drug-likeness (QED) is 0.292. The molecule has 20 heavy (non-hydrogen) atoms. The van der Waals surface area contributed by atoms with Gasteiger partial charge in [-0.05, 0) is 32.1 Å². The van der Waals surface area contributed by atoms with Gasteiger partial charge in [0.25, 0.3) is 0 Å². The number of hydrogen-bond acceptors (Lipinski definition) is 5. The van der Waals surface area contributed by atoms with Gasteiger partial charge in [-0.2, -0.15) is 0 Å². The number of nitrogens with zero attached hydrogens (tertiary/aromatic N) is 1. The number of nitrogens with two attached hydrogens (primary N) is 1. The second kappa shape index (κ2) is 5.21. The average molecular weight is 283 g/mol. The molecule has 3 fully saturated rings. The molecule has 0 aliphatic carbocycles. The maximum Gasteiger partial charge on any atom is 0.234 e. The molecule has 0 spiro atoms. The largest absolute Gasteiger partial charge is 0.409 e. The number of nitrogens with one attached hydrogen (secondary N) is 1. The third-order valence-corrected chi connectivity index (χ3v) is 4.80. The Balaban J connectivity index is 1.72. The molecular weight excluding hydrogens is 262 g/mol. The first-order valence-corrected chi connectivity index (χ1v) is 7.18. The number of ether oxygens (including phenoxy) is 2. The number of carbonyl (C=O) groups is 1. The number of hydrogen-bond donors (Lipinski definition) is 3. The molecule has 3 saturated heterocycles. The number of oxime groups is 1. The minimum Gasteiger partial charge on any atom is -0.409 e. The molecule has 0 aromatic rings. The van der Waals surface area contributed by atoms with Gasteiger partial charge in [0, 0.05) is 13.2 Å². The molecule has 3 aliphatic heterocycles. The molecule has 3 rings (SSSR count). The Hall–Kier alpha value is -1.34. The molecule has 0 aromatic carbocycles. The monoisotopic (exact) mass is 283 g/mol. The molecule has 4 N–H and O–H groups in total. The van der Waals surface area contributed by atoms with Gasteiger partial charge in [0.1, 0.15) is 5.41 Å². The first-order chi connectivity index (χ1) is 9.65. The Kier molecular flexibility index (Phi) is 3.55. The first kappa shape index (κ1) is 13.6. The highest BCUT2D eigenvalue weighted by atomic mass is 16.5. The topological polar surface area (TPSA) is 106 Å². The standard InChI is InChI=1S/C13H21N3O4/c14-11(16-18)13(3-5-19-6-4-13)12(17)15-9-7-8-1-2-10(9)20-8/h8-10,18H,1-7H2,(H2,14,16)(H,15,17). The van der Waals surface area contributed by atoms with Crippen LogP contribution in [0.3, 0.4) is 0 Å². The summed E-state index contributed by atoms with van der Waals surface area (Å²) in [6.07, 6.45) is 4.21. The predicted octanol–water partition coefficient (Wildman–Crippen LogP) is -0.0343. The van der Waals surface area contributed by atoms with Crippen LogP contribution in [0.1, 0.15) is 32.1 Å². The zero-order valence-corrected chi connectivity index (χ0v) is 11.4. The summed E-state index contributed by atoms with van der Waals surface area (Å²) in [5.41, 5.74) is 4.84. The molecule has 7 nitrogen and oxygen atoms in total. The predicted molar refractivity (Wildman–Crippen MR) is 70.3 cm³/mol. The lowest BCUT2D eigenvalue weighted by atomic mass is 9.77. The number of amidine groups is 1. The second-order valence-electron chi connectivity index (χ2n) is 5.87. The van der Waals surface area contributed by atoms with Crippen molar-refractivity contribution < 1.29 is 19.5 Å². The van der Waals surface area contributed by atoms with Crippen LogP contribution in [-0.2, 0) is 14.3 Å². The van der Waals surface area contributed by atoms with E-state index in [1.54, 1.807) is 0 Å². The van der Waals surface area contributed by atoms with Crippen LogP contribution in [0.25, 0.3) is 0 Å². The normalized spacial score (nSPS) is 36.0. The summed E-state index contributed by atoms with van der Waals surface area (Å²) >= 11 is 0. The highest BCUT2D eigenvalue weighted by Gasteiger charge is 2.48. The van der Waals surface area contributed by atoms with E-state index in [1.807, 2.05) is 0 Å². The first-order valence-electron chi connectivity index (χ1n) is 7.18. The van der Waals surface area contributed by atoms with Crippen molar-refractivity contribution in [2.24, 2.45) is 16.3 Å². The van der Waals surface area contributed by atoms with Gasteiger partial charge in [0.05, 0.1) is 18.2 Å². The van der Waals surface area contributed by atoms with Gasteiger partial charge < -0.3 is 25.7 Å². The average Bonchev–Trinajstić information content (AvgIpc) is 3.09. The van der Waals surface area contributed by atoms with Crippen molar-refractivity contribution in [3.05, 3.63) is 0 Å². The minimum absolute atomic E-state index is 0.0256. The molecule has 0 radical (unpaired) electrons. The Morgan fingerprint density at radius 2 is 2.10 bits per heavy atom. The maximum absolute atomic E-state index is 12.7. The van der Waals surface area contributed by atoms with Crippen LogP contribution in [0.5, 0.6) is 0 Å². The van der Waals surface area contributed by atoms with Crippen molar-refractivity contribution in [3.63, 3.8) is 0 Å². The number of amides is 1. The Morgan fingerprint density at radius 1 is 1.35 bits per heavy atom. The van der Waals surface area contributed by atoms with Crippen LogP contribution in [0.2, 0.25) is 0 Å². The lowest BCUT2D eigenvalue weighted by Gasteiger charge is -2.36. The third kappa shape index (κ3) is 2.14. The van der Waals surface area contributed by atoms with E-state index in [2.05, 4.69) is 10.5 Å². The van der Waals surface area contributed by atoms with Gasteiger partial charge in [0.15, 0.2) is 5.84 Å². The smallest absolute Gasteiger partial charge is 0.234 e. The molecule has 7 heteroatoms. The van der Waals surface area contributed by atoms with Crippen LogP contribution in [0.15, 0.2) is 5.16 Å². The van der Waals surface area contributed by atoms with Crippen molar-refractivity contribution in [2.75, 3.05) is 13.2 Å². The van der Waals surface area contributed by atoms with Gasteiger partial charge in [0.2, 0.25) is 5.91 Å². The van der Waals surface area contributed by atoms with Gasteiger partial charge in [-0.3, -0.25) is 4.79 Å². The lowest BCUT2D eigenvalue weighted by molar-refractivity contribution is -0.132. The van der Waals surface area contributed by atoms with Crippen molar-refractivity contribution in [1.82, 2.24) is 5.32 Å². The maximum atomic E-state index is 12.7. The van der Waals surface area contributed by atoms with E-state index in [-0.39, 0.29) is 30.0 Å². The van der Waals surface area contributed by atoms with Gasteiger partial charge in [-0.15, -0.1) is 0 Å². The van der Waals surface area contributed by atoms with Crippen molar-refractivity contribution >= 4 is 11.7 Å². The zero-order chi connectivity index (χ0) is 14.2. The Labute approximate surface area is 117 Å². The van der Waals surface area contributed by atoms with Crippen molar-refractivity contribution in [1.29, 1.82) is 0 Å². The molecule has 112 valence electrons. The van der Waals surface area contributed by atoms with Crippen LogP contribution in [0, 0.1) is 5.41 Å². The summed E-state index contributed by atoms with van der Waals surface area (Å²) in [5.74, 6) is -0.195. The van der Waals surface area contributed by atoms with Gasteiger partial charge in [-0.25, -0.2) is 0 Å². The van der Waals surface area contributed by atoms with Crippen LogP contribution >= 0.6 is 0 Å². The fourth-order valence-electron chi connectivity index (χ4n) is 3.51. The molecule has 0 saturated carbocycles. The van der Waals surface area contributed by atoms with E-state index in [0.717, 1.165) is 19.3 Å². The number of fused-ring (bicyclic) bond motifs is 2. The highest BCUT2D eigenvalue weighted by Crippen LogP contribution is 2.36. The summed E-state index contributed by atoms with van der Waals surface area (Å²) in [7, 11) is 0. The highest BCUT2D eigenvalue weighted by molar-refractivity contribution is 6.07. The van der Waals surface area contributed by atoms with Crippen molar-refractivity contribution in [2.45, 2.75) is 50.4 Å². The molecule has 3 unspecified atom stereocenters. The SMILES string of the molecule is NC(=NO)C1(C(=O)NC2CC3CCC2O3)CCOCC1. The summed E-state index contributed by atoms with van der Waals surface area (Å²) in [5, 5.41) is 15.1. The van der Waals surface area contributed by atoms with Crippen LogP contribution in [-0.4, -0.2) is 48.4 Å². The summed E-state index contributed by atoms with van der Waals surface area (Å²) < 4.78 is 11.0. The van der Waals surface area contributed by atoms with E-state index in [0.29, 0.717) is 26.1 Å².